The van der Waals surface area contributed by atoms with Crippen LogP contribution in [0.4, 0.5) is 11.4 Å². The summed E-state index contributed by atoms with van der Waals surface area (Å²) in [6, 6.07) is 25.3. The monoisotopic (exact) mass is 469 g/mol. The van der Waals surface area contributed by atoms with E-state index in [0.29, 0.717) is 12.2 Å². The van der Waals surface area contributed by atoms with Crippen LogP contribution in [0.25, 0.3) is 10.8 Å². The summed E-state index contributed by atoms with van der Waals surface area (Å²) < 4.78 is 1.65. The van der Waals surface area contributed by atoms with Crippen molar-refractivity contribution in [3.63, 3.8) is 0 Å². The van der Waals surface area contributed by atoms with E-state index >= 15 is 0 Å². The third-order valence-corrected chi connectivity index (χ3v) is 7.17. The normalized spacial score (nSPS) is 14.9. The lowest BCUT2D eigenvalue weighted by Gasteiger charge is -2.21. The third kappa shape index (κ3) is 4.33. The van der Waals surface area contributed by atoms with Gasteiger partial charge < -0.3 is 10.6 Å². The molecule has 2 heterocycles. The minimum absolute atomic E-state index is 0.141. The van der Waals surface area contributed by atoms with Gasteiger partial charge in [-0.2, -0.15) is 0 Å². The van der Waals surface area contributed by atoms with Gasteiger partial charge in [0.25, 0.3) is 5.56 Å². The summed E-state index contributed by atoms with van der Waals surface area (Å²) in [5.41, 5.74) is 3.67. The lowest BCUT2D eigenvalue weighted by molar-refractivity contribution is -0.118. The van der Waals surface area contributed by atoms with Crippen molar-refractivity contribution >= 4 is 39.8 Å². The van der Waals surface area contributed by atoms with Crippen molar-refractivity contribution in [3.8, 4) is 0 Å². The molecule has 34 heavy (non-hydrogen) atoms. The van der Waals surface area contributed by atoms with Crippen molar-refractivity contribution in [1.82, 2.24) is 4.57 Å². The van der Waals surface area contributed by atoms with Crippen molar-refractivity contribution in [2.24, 2.45) is 0 Å². The van der Waals surface area contributed by atoms with E-state index in [1.165, 1.54) is 16.3 Å². The molecule has 1 aromatic heterocycles. The Morgan fingerprint density at radius 2 is 1.74 bits per heavy atom. The maximum atomic E-state index is 13.3. The van der Waals surface area contributed by atoms with Crippen LogP contribution in [0.1, 0.15) is 31.0 Å². The summed E-state index contributed by atoms with van der Waals surface area (Å²) >= 11 is 1.57. The molecule has 0 fully saturated rings. The van der Waals surface area contributed by atoms with E-state index in [1.54, 1.807) is 22.4 Å². The quantitative estimate of drug-likeness (QED) is 0.380. The van der Waals surface area contributed by atoms with E-state index in [4.69, 9.17) is 0 Å². The van der Waals surface area contributed by atoms with Crippen molar-refractivity contribution in [1.29, 1.82) is 0 Å². The number of hydrogen-bond donors (Lipinski definition) is 2. The molecule has 0 saturated carbocycles. The van der Waals surface area contributed by atoms with Crippen LogP contribution in [-0.2, 0) is 11.2 Å². The lowest BCUT2D eigenvalue weighted by Crippen LogP contribution is -2.33. The number of amides is 1. The Balaban J connectivity index is 1.54. The Morgan fingerprint density at radius 1 is 1.00 bits per heavy atom. The molecule has 1 amide bonds. The van der Waals surface area contributed by atoms with Crippen molar-refractivity contribution < 1.29 is 4.79 Å². The fraction of sp³-hybridized carbons (Fsp3) is 0.214. The second kappa shape index (κ2) is 9.39. The van der Waals surface area contributed by atoms with Crippen LogP contribution >= 0.6 is 11.8 Å². The molecule has 1 aliphatic heterocycles. The summed E-state index contributed by atoms with van der Waals surface area (Å²) in [6.45, 7) is 4.17. The second-order valence-electron chi connectivity index (χ2n) is 8.85. The standard InChI is InChI=1S/C28H27N3O2S/c1-18(2)29-26-21(15-20-11-8-10-19-9-6-7-14-23(19)20)16-25(32)31-24(17-34-28(26)31)27(33)30-22-12-4-3-5-13-22/h3-14,16,18,24,29H,15,17H2,1-2H3,(H,30,33). The van der Waals surface area contributed by atoms with E-state index in [9.17, 15) is 9.59 Å². The SMILES string of the molecule is CC(C)Nc1c(Cc2cccc3ccccc23)cc(=O)n2c1SCC2C(=O)Nc1ccccc1. The van der Waals surface area contributed by atoms with Gasteiger partial charge in [-0.3, -0.25) is 14.2 Å². The highest BCUT2D eigenvalue weighted by Crippen LogP contribution is 2.40. The zero-order valence-corrected chi connectivity index (χ0v) is 20.1. The highest BCUT2D eigenvalue weighted by atomic mass is 32.2. The number of fused-ring (bicyclic) bond motifs is 2. The highest BCUT2D eigenvalue weighted by Gasteiger charge is 2.33. The van der Waals surface area contributed by atoms with Crippen LogP contribution in [-0.4, -0.2) is 22.3 Å². The molecule has 0 spiro atoms. The van der Waals surface area contributed by atoms with Crippen molar-refractivity contribution in [2.45, 2.75) is 37.4 Å². The summed E-state index contributed by atoms with van der Waals surface area (Å²) in [6.07, 6.45) is 0.640. The number of pyridine rings is 1. The Bertz CT molecular complexity index is 1410. The number of nitrogens with zero attached hydrogens (tertiary/aromatic N) is 1. The Kier molecular flexibility index (Phi) is 6.16. The van der Waals surface area contributed by atoms with Crippen LogP contribution in [0, 0.1) is 0 Å². The summed E-state index contributed by atoms with van der Waals surface area (Å²) in [4.78, 5) is 26.4. The largest absolute Gasteiger partial charge is 0.381 e. The average molecular weight is 470 g/mol. The second-order valence-corrected chi connectivity index (χ2v) is 9.86. The number of benzene rings is 3. The molecular weight excluding hydrogens is 442 g/mol. The molecule has 5 rings (SSSR count). The van der Waals surface area contributed by atoms with E-state index in [-0.39, 0.29) is 17.5 Å². The number of para-hydroxylation sites is 1. The van der Waals surface area contributed by atoms with Gasteiger partial charge in [0.2, 0.25) is 5.91 Å². The number of rotatable bonds is 6. The van der Waals surface area contributed by atoms with Gasteiger partial charge in [-0.1, -0.05) is 60.7 Å². The van der Waals surface area contributed by atoms with E-state index < -0.39 is 6.04 Å². The van der Waals surface area contributed by atoms with Crippen LogP contribution in [0.5, 0.6) is 0 Å². The zero-order chi connectivity index (χ0) is 23.7. The fourth-order valence-electron chi connectivity index (χ4n) is 4.49. The molecule has 2 N–H and O–H groups in total. The molecule has 4 aromatic rings. The first kappa shape index (κ1) is 22.3. The number of carbonyl (C=O) groups excluding carboxylic acids is 1. The Hall–Kier alpha value is -3.51. The lowest BCUT2D eigenvalue weighted by atomic mass is 9.98. The molecule has 0 radical (unpaired) electrons. The number of hydrogen-bond acceptors (Lipinski definition) is 4. The molecule has 1 atom stereocenters. The first-order valence-electron chi connectivity index (χ1n) is 11.5. The predicted molar refractivity (Wildman–Crippen MR) is 141 cm³/mol. The van der Waals surface area contributed by atoms with E-state index in [2.05, 4.69) is 54.8 Å². The van der Waals surface area contributed by atoms with Gasteiger partial charge in [-0.15, -0.1) is 11.8 Å². The van der Waals surface area contributed by atoms with Gasteiger partial charge in [0.05, 0.1) is 5.69 Å². The molecule has 1 aliphatic rings. The maximum Gasteiger partial charge on any atom is 0.252 e. The average Bonchev–Trinajstić information content (AvgIpc) is 3.28. The molecule has 0 saturated heterocycles. The smallest absolute Gasteiger partial charge is 0.252 e. The number of anilines is 2. The first-order valence-corrected chi connectivity index (χ1v) is 12.5. The van der Waals surface area contributed by atoms with Crippen LogP contribution in [0.2, 0.25) is 0 Å². The first-order chi connectivity index (χ1) is 16.5. The van der Waals surface area contributed by atoms with Crippen LogP contribution in [0.3, 0.4) is 0 Å². The van der Waals surface area contributed by atoms with Gasteiger partial charge >= 0.3 is 0 Å². The molecule has 6 heteroatoms. The van der Waals surface area contributed by atoms with Crippen LogP contribution < -0.4 is 16.2 Å². The van der Waals surface area contributed by atoms with Crippen LogP contribution in [0.15, 0.2) is 88.7 Å². The fourth-order valence-corrected chi connectivity index (χ4v) is 5.80. The highest BCUT2D eigenvalue weighted by molar-refractivity contribution is 7.99. The molecule has 0 aliphatic carbocycles. The molecule has 5 nitrogen and oxygen atoms in total. The summed E-state index contributed by atoms with van der Waals surface area (Å²) in [5.74, 6) is 0.357. The molecular formula is C28H27N3O2S. The van der Waals surface area contributed by atoms with Crippen molar-refractivity contribution in [2.75, 3.05) is 16.4 Å². The number of carbonyl (C=O) groups is 1. The predicted octanol–water partition coefficient (Wildman–Crippen LogP) is 5.70. The number of thioether (sulfide) groups is 1. The maximum absolute atomic E-state index is 13.3. The van der Waals surface area contributed by atoms with Gasteiger partial charge in [0, 0.05) is 30.0 Å². The van der Waals surface area contributed by atoms with Gasteiger partial charge in [0.15, 0.2) is 0 Å². The minimum atomic E-state index is -0.549. The van der Waals surface area contributed by atoms with Gasteiger partial charge in [-0.05, 0) is 47.9 Å². The molecule has 0 bridgehead atoms. The summed E-state index contributed by atoms with van der Waals surface area (Å²) in [7, 11) is 0. The number of nitrogens with one attached hydrogen (secondary N) is 2. The molecule has 172 valence electrons. The Labute approximate surface area is 203 Å². The van der Waals surface area contributed by atoms with E-state index in [1.807, 2.05) is 42.5 Å². The zero-order valence-electron chi connectivity index (χ0n) is 19.2. The van der Waals surface area contributed by atoms with Gasteiger partial charge in [0.1, 0.15) is 11.1 Å². The minimum Gasteiger partial charge on any atom is -0.381 e. The third-order valence-electron chi connectivity index (χ3n) is 6.02. The number of aromatic nitrogens is 1. The Morgan fingerprint density at radius 3 is 2.53 bits per heavy atom. The summed E-state index contributed by atoms with van der Waals surface area (Å²) in [5, 5.41) is 9.73. The van der Waals surface area contributed by atoms with Gasteiger partial charge in [-0.25, -0.2) is 0 Å². The molecule has 1 unspecified atom stereocenters. The van der Waals surface area contributed by atoms with Crippen molar-refractivity contribution in [3.05, 3.63) is 100 Å². The molecule has 3 aromatic carbocycles. The van der Waals surface area contributed by atoms with E-state index in [0.717, 1.165) is 22.0 Å². The topological polar surface area (TPSA) is 63.1 Å².